The zero-order valence-electron chi connectivity index (χ0n) is 8.54. The van der Waals surface area contributed by atoms with Crippen LogP contribution < -0.4 is 0 Å². The number of thioether (sulfide) groups is 1. The fourth-order valence-corrected chi connectivity index (χ4v) is 2.04. The Morgan fingerprint density at radius 2 is 2.29 bits per heavy atom. The van der Waals surface area contributed by atoms with Gasteiger partial charge in [0.1, 0.15) is 0 Å². The second-order valence-corrected chi connectivity index (χ2v) is 4.24. The molecule has 0 N–H and O–H groups in total. The minimum atomic E-state index is 0.131. The number of benzene rings is 1. The molecule has 1 aromatic rings. The molecule has 1 rings (SSSR count). The molecule has 0 aliphatic rings. The monoisotopic (exact) mass is 206 g/mol. The molecule has 0 unspecified atom stereocenters. The third-order valence-electron chi connectivity index (χ3n) is 1.95. The lowest BCUT2D eigenvalue weighted by Crippen LogP contribution is -1.89. The van der Waals surface area contributed by atoms with Crippen LogP contribution in [-0.2, 0) is 11.2 Å². The lowest BCUT2D eigenvalue weighted by Gasteiger charge is -2.06. The van der Waals surface area contributed by atoms with Crippen LogP contribution in [0.15, 0.2) is 29.7 Å². The van der Waals surface area contributed by atoms with E-state index in [4.69, 9.17) is 0 Å². The minimum absolute atomic E-state index is 0.131. The third kappa shape index (κ3) is 2.74. The van der Waals surface area contributed by atoms with Crippen molar-refractivity contribution in [2.24, 2.45) is 0 Å². The number of carbonyl (C=O) groups is 1. The normalized spacial score (nSPS) is 9.86. The molecule has 0 saturated heterocycles. The molecule has 0 heterocycles. The molecule has 0 aromatic heterocycles. The summed E-state index contributed by atoms with van der Waals surface area (Å²) in [6.45, 7) is 7.40. The molecule has 0 saturated carbocycles. The third-order valence-corrected chi connectivity index (χ3v) is 2.86. The van der Waals surface area contributed by atoms with E-state index in [9.17, 15) is 4.79 Å². The Kier molecular flexibility index (Phi) is 3.96. The molecule has 0 aliphatic heterocycles. The highest BCUT2D eigenvalue weighted by Gasteiger charge is 2.04. The first-order valence-corrected chi connectivity index (χ1v) is 5.42. The number of carbonyl (C=O) groups excluding carboxylic acids is 1. The summed E-state index contributed by atoms with van der Waals surface area (Å²) in [6, 6.07) is 6.05. The lowest BCUT2D eigenvalue weighted by atomic mass is 10.1. The van der Waals surface area contributed by atoms with E-state index >= 15 is 0 Å². The van der Waals surface area contributed by atoms with Crippen LogP contribution in [-0.4, -0.2) is 5.12 Å². The van der Waals surface area contributed by atoms with Crippen LogP contribution in [0, 0.1) is 0 Å². The van der Waals surface area contributed by atoms with E-state index in [0.29, 0.717) is 0 Å². The molecule has 2 heteroatoms. The summed E-state index contributed by atoms with van der Waals surface area (Å²) in [5, 5.41) is 0.131. The van der Waals surface area contributed by atoms with Gasteiger partial charge in [0, 0.05) is 11.8 Å². The molecule has 0 fully saturated rings. The highest BCUT2D eigenvalue weighted by Crippen LogP contribution is 2.25. The van der Waals surface area contributed by atoms with Crippen molar-refractivity contribution in [3.05, 3.63) is 35.9 Å². The summed E-state index contributed by atoms with van der Waals surface area (Å²) in [4.78, 5) is 12.0. The van der Waals surface area contributed by atoms with Crippen LogP contribution in [0.4, 0.5) is 0 Å². The van der Waals surface area contributed by atoms with Gasteiger partial charge in [-0.25, -0.2) is 0 Å². The first kappa shape index (κ1) is 11.1. The van der Waals surface area contributed by atoms with Crippen molar-refractivity contribution in [3.8, 4) is 0 Å². The molecular weight excluding hydrogens is 192 g/mol. The van der Waals surface area contributed by atoms with Gasteiger partial charge in [-0.15, -0.1) is 0 Å². The van der Waals surface area contributed by atoms with Crippen molar-refractivity contribution in [2.75, 3.05) is 0 Å². The molecule has 1 nitrogen and oxygen atoms in total. The number of hydrogen-bond donors (Lipinski definition) is 0. The summed E-state index contributed by atoms with van der Waals surface area (Å²) >= 11 is 1.30. The van der Waals surface area contributed by atoms with Gasteiger partial charge in [0.05, 0.1) is 0 Å². The van der Waals surface area contributed by atoms with Crippen LogP contribution in [0.3, 0.4) is 0 Å². The van der Waals surface area contributed by atoms with Gasteiger partial charge in [-0.1, -0.05) is 43.5 Å². The average molecular weight is 206 g/mol. The predicted octanol–water partition coefficient (Wildman–Crippen LogP) is 3.53. The summed E-state index contributed by atoms with van der Waals surface area (Å²) in [7, 11) is 0. The van der Waals surface area contributed by atoms with Gasteiger partial charge >= 0.3 is 0 Å². The van der Waals surface area contributed by atoms with Crippen molar-refractivity contribution < 1.29 is 4.79 Å². The fourth-order valence-electron chi connectivity index (χ4n) is 1.26. The van der Waals surface area contributed by atoms with Crippen molar-refractivity contribution in [1.29, 1.82) is 0 Å². The molecular formula is C12H14OS. The molecule has 0 bridgehead atoms. The van der Waals surface area contributed by atoms with E-state index < -0.39 is 0 Å². The first-order valence-electron chi connectivity index (χ1n) is 4.61. The highest BCUT2D eigenvalue weighted by molar-refractivity contribution is 8.13. The molecule has 74 valence electrons. The second kappa shape index (κ2) is 5.01. The standard InChI is InChI=1S/C12H14OS/c1-4-10-6-7-12(14-9(3)13)11(5-2)8-10/h4,6-8H,1,5H2,2-3H3. The minimum Gasteiger partial charge on any atom is -0.287 e. The largest absolute Gasteiger partial charge is 0.287 e. The van der Waals surface area contributed by atoms with Gasteiger partial charge in [-0.3, -0.25) is 4.79 Å². The maximum Gasteiger partial charge on any atom is 0.190 e. The number of hydrogen-bond acceptors (Lipinski definition) is 2. The maximum atomic E-state index is 11.0. The Morgan fingerprint density at radius 1 is 1.57 bits per heavy atom. The van der Waals surface area contributed by atoms with Gasteiger partial charge in [0.15, 0.2) is 5.12 Å². The summed E-state index contributed by atoms with van der Waals surface area (Å²) in [5.74, 6) is 0. The summed E-state index contributed by atoms with van der Waals surface area (Å²) in [6.07, 6.45) is 2.76. The van der Waals surface area contributed by atoms with Crippen LogP contribution >= 0.6 is 11.8 Å². The van der Waals surface area contributed by atoms with E-state index in [1.165, 1.54) is 17.3 Å². The van der Waals surface area contributed by atoms with Gasteiger partial charge in [-0.2, -0.15) is 0 Å². The first-order chi connectivity index (χ1) is 6.67. The van der Waals surface area contributed by atoms with Crippen molar-refractivity contribution in [1.82, 2.24) is 0 Å². The zero-order chi connectivity index (χ0) is 10.6. The maximum absolute atomic E-state index is 11.0. The Morgan fingerprint density at radius 3 is 2.79 bits per heavy atom. The van der Waals surface area contributed by atoms with Crippen LogP contribution in [0.5, 0.6) is 0 Å². The van der Waals surface area contributed by atoms with Crippen LogP contribution in [0.2, 0.25) is 0 Å². The fraction of sp³-hybridized carbons (Fsp3) is 0.250. The van der Waals surface area contributed by atoms with Crippen LogP contribution in [0.25, 0.3) is 6.08 Å². The summed E-state index contributed by atoms with van der Waals surface area (Å²) in [5.41, 5.74) is 2.32. The number of aryl methyl sites for hydroxylation is 1. The topological polar surface area (TPSA) is 17.1 Å². The Labute approximate surface area is 89.2 Å². The van der Waals surface area contributed by atoms with Crippen molar-refractivity contribution in [3.63, 3.8) is 0 Å². The molecule has 0 atom stereocenters. The lowest BCUT2D eigenvalue weighted by molar-refractivity contribution is -0.109. The van der Waals surface area contributed by atoms with E-state index in [1.54, 1.807) is 6.92 Å². The molecule has 0 aliphatic carbocycles. The SMILES string of the molecule is C=Cc1ccc(SC(C)=O)c(CC)c1. The molecule has 14 heavy (non-hydrogen) atoms. The Balaban J connectivity index is 3.04. The van der Waals surface area contributed by atoms with Crippen LogP contribution in [0.1, 0.15) is 25.0 Å². The van der Waals surface area contributed by atoms with Gasteiger partial charge < -0.3 is 0 Å². The van der Waals surface area contributed by atoms with Gasteiger partial charge in [0.2, 0.25) is 0 Å². The van der Waals surface area contributed by atoms with E-state index in [2.05, 4.69) is 19.6 Å². The van der Waals surface area contributed by atoms with E-state index in [1.807, 2.05) is 18.2 Å². The predicted molar refractivity (Wildman–Crippen MR) is 62.4 cm³/mol. The number of rotatable bonds is 3. The Hall–Kier alpha value is -1.02. The molecule has 0 amide bonds. The molecule has 1 aromatic carbocycles. The Bertz CT molecular complexity index is 355. The highest BCUT2D eigenvalue weighted by atomic mass is 32.2. The van der Waals surface area contributed by atoms with Crippen molar-refractivity contribution in [2.45, 2.75) is 25.2 Å². The second-order valence-electron chi connectivity index (χ2n) is 3.02. The van der Waals surface area contributed by atoms with Gasteiger partial charge in [-0.05, 0) is 23.6 Å². The quantitative estimate of drug-likeness (QED) is 0.704. The smallest absolute Gasteiger partial charge is 0.190 e. The van der Waals surface area contributed by atoms with Crippen molar-refractivity contribution >= 4 is 23.0 Å². The molecule has 0 radical (unpaired) electrons. The zero-order valence-corrected chi connectivity index (χ0v) is 9.36. The molecule has 0 spiro atoms. The summed E-state index contributed by atoms with van der Waals surface area (Å²) < 4.78 is 0. The van der Waals surface area contributed by atoms with E-state index in [-0.39, 0.29) is 5.12 Å². The van der Waals surface area contributed by atoms with E-state index in [0.717, 1.165) is 16.9 Å². The average Bonchev–Trinajstić information content (AvgIpc) is 2.17. The van der Waals surface area contributed by atoms with Gasteiger partial charge in [0.25, 0.3) is 0 Å².